The number of nitrogens with zero attached hydrogens (tertiary/aromatic N) is 2. The van der Waals surface area contributed by atoms with Crippen LogP contribution >= 0.6 is 0 Å². The van der Waals surface area contributed by atoms with E-state index in [-0.39, 0.29) is 11.5 Å². The van der Waals surface area contributed by atoms with Gasteiger partial charge in [0, 0.05) is 30.5 Å². The summed E-state index contributed by atoms with van der Waals surface area (Å²) in [6.07, 6.45) is -3.65. The van der Waals surface area contributed by atoms with Crippen LogP contribution in [0.1, 0.15) is 44.7 Å². The van der Waals surface area contributed by atoms with Crippen molar-refractivity contribution < 1.29 is 22.7 Å². The van der Waals surface area contributed by atoms with Crippen molar-refractivity contribution >= 4 is 23.0 Å². The average Bonchev–Trinajstić information content (AvgIpc) is 3.07. The van der Waals surface area contributed by atoms with Gasteiger partial charge < -0.3 is 20.3 Å². The van der Waals surface area contributed by atoms with Crippen molar-refractivity contribution in [1.82, 2.24) is 4.90 Å². The smallest absolute Gasteiger partial charge is 0.416 e. The van der Waals surface area contributed by atoms with Crippen LogP contribution in [0.3, 0.4) is 0 Å². The van der Waals surface area contributed by atoms with Crippen LogP contribution in [0.5, 0.6) is 5.75 Å². The zero-order valence-corrected chi connectivity index (χ0v) is 19.4. The molecule has 0 saturated carbocycles. The number of nitrogen functional groups attached to an aromatic ring is 1. The number of fused-ring (bicyclic) bond motifs is 2. The zero-order chi connectivity index (χ0) is 24.2. The monoisotopic (exact) mass is 461 g/mol. The number of carbonyl (C=O) groups excluding carboxylic acids is 1. The van der Waals surface area contributed by atoms with Crippen molar-refractivity contribution in [2.75, 3.05) is 37.4 Å². The van der Waals surface area contributed by atoms with Crippen molar-refractivity contribution in [3.8, 4) is 5.75 Å². The maximum Gasteiger partial charge on any atom is 0.416 e. The molecule has 178 valence electrons. The first kappa shape index (κ1) is 23.3. The van der Waals surface area contributed by atoms with E-state index in [1.807, 2.05) is 37.8 Å². The van der Waals surface area contributed by atoms with Gasteiger partial charge in [-0.2, -0.15) is 13.2 Å². The van der Waals surface area contributed by atoms with E-state index in [1.165, 1.54) is 13.2 Å². The second kappa shape index (κ2) is 7.85. The van der Waals surface area contributed by atoms with Crippen molar-refractivity contribution in [3.63, 3.8) is 0 Å². The minimum Gasteiger partial charge on any atom is -0.495 e. The molecule has 2 aliphatic rings. The van der Waals surface area contributed by atoms with Crippen LogP contribution in [-0.2, 0) is 16.4 Å². The molecular weight excluding hydrogens is 431 g/mol. The Labute approximate surface area is 192 Å². The lowest BCUT2D eigenvalue weighted by atomic mass is 9.72. The largest absolute Gasteiger partial charge is 0.495 e. The number of carbonyl (C=O) groups is 1. The van der Waals surface area contributed by atoms with E-state index in [1.54, 1.807) is 17.0 Å². The van der Waals surface area contributed by atoms with Gasteiger partial charge in [0.2, 0.25) is 5.91 Å². The highest BCUT2D eigenvalue weighted by Gasteiger charge is 2.52. The molecule has 1 fully saturated rings. The number of likely N-dealkylation sites (tertiary alicyclic amines) is 1. The zero-order valence-electron chi connectivity index (χ0n) is 19.4. The van der Waals surface area contributed by atoms with E-state index in [2.05, 4.69) is 0 Å². The molecule has 4 rings (SSSR count). The number of methoxy groups -OCH3 is 1. The van der Waals surface area contributed by atoms with Crippen molar-refractivity contribution in [2.24, 2.45) is 5.41 Å². The van der Waals surface area contributed by atoms with Crippen LogP contribution in [0.4, 0.5) is 30.2 Å². The Hall–Kier alpha value is -2.90. The SMILES string of the molecule is COc1ccc(C(F)(F)F)c2c1N(c1ccccc1N)CC21CCN(C(=O)C(C)(C)C)CC1. The third-order valence-electron chi connectivity index (χ3n) is 6.80. The maximum absolute atomic E-state index is 14.2. The third kappa shape index (κ3) is 3.89. The summed E-state index contributed by atoms with van der Waals surface area (Å²) in [6, 6.07) is 9.67. The molecule has 2 aliphatic heterocycles. The van der Waals surface area contributed by atoms with E-state index in [0.717, 1.165) is 6.07 Å². The Bertz CT molecular complexity index is 1070. The van der Waals surface area contributed by atoms with Crippen molar-refractivity contribution in [1.29, 1.82) is 0 Å². The minimum atomic E-state index is -4.51. The fraction of sp³-hybridized carbons (Fsp3) is 0.480. The summed E-state index contributed by atoms with van der Waals surface area (Å²) >= 11 is 0. The number of amides is 1. The number of para-hydroxylation sites is 2. The molecule has 8 heteroatoms. The second-order valence-corrected chi connectivity index (χ2v) is 10.0. The predicted molar refractivity (Wildman–Crippen MR) is 123 cm³/mol. The Morgan fingerprint density at radius 2 is 1.70 bits per heavy atom. The summed E-state index contributed by atoms with van der Waals surface area (Å²) in [5.41, 5.74) is 6.09. The molecule has 2 aromatic carbocycles. The first-order valence-electron chi connectivity index (χ1n) is 11.1. The van der Waals surface area contributed by atoms with Crippen LogP contribution in [0.25, 0.3) is 0 Å². The van der Waals surface area contributed by atoms with Gasteiger partial charge in [-0.25, -0.2) is 0 Å². The van der Waals surface area contributed by atoms with E-state index >= 15 is 0 Å². The molecule has 1 spiro atoms. The summed E-state index contributed by atoms with van der Waals surface area (Å²) in [5.74, 6) is 0.396. The average molecular weight is 462 g/mol. The molecule has 1 amide bonds. The summed E-state index contributed by atoms with van der Waals surface area (Å²) in [5, 5.41) is 0. The first-order chi connectivity index (χ1) is 15.4. The van der Waals surface area contributed by atoms with E-state index in [9.17, 15) is 18.0 Å². The van der Waals surface area contributed by atoms with Crippen LogP contribution in [0.2, 0.25) is 0 Å². The molecule has 0 aliphatic carbocycles. The highest BCUT2D eigenvalue weighted by atomic mass is 19.4. The number of rotatable bonds is 2. The molecule has 0 radical (unpaired) electrons. The number of halogens is 3. The van der Waals surface area contributed by atoms with E-state index < -0.39 is 22.6 Å². The van der Waals surface area contributed by atoms with Gasteiger partial charge in [-0.1, -0.05) is 32.9 Å². The van der Waals surface area contributed by atoms with Crippen LogP contribution in [0, 0.1) is 5.41 Å². The third-order valence-corrected chi connectivity index (χ3v) is 6.80. The molecule has 33 heavy (non-hydrogen) atoms. The molecule has 0 unspecified atom stereocenters. The first-order valence-corrected chi connectivity index (χ1v) is 11.1. The summed E-state index contributed by atoms with van der Waals surface area (Å²) in [6.45, 7) is 6.73. The minimum absolute atomic E-state index is 0.0152. The molecule has 0 bridgehead atoms. The number of hydrogen-bond acceptors (Lipinski definition) is 4. The number of alkyl halides is 3. The molecule has 0 atom stereocenters. The molecular formula is C25H30F3N3O2. The van der Waals surface area contributed by atoms with Gasteiger partial charge in [0.15, 0.2) is 0 Å². The van der Waals surface area contributed by atoms with Crippen molar-refractivity contribution in [2.45, 2.75) is 45.2 Å². The lowest BCUT2D eigenvalue weighted by molar-refractivity contribution is -0.142. The number of anilines is 3. The standard InChI is InChI=1S/C25H30F3N3O2/c1-23(2,3)22(32)30-13-11-24(12-14-30)15-31(18-8-6-5-7-17(18)29)21-19(33-4)10-9-16(20(21)24)25(26,27)28/h5-10H,11-15,29H2,1-4H3. The summed E-state index contributed by atoms with van der Waals surface area (Å²) in [4.78, 5) is 16.5. The normalized spacial score (nSPS) is 17.9. The highest BCUT2D eigenvalue weighted by Crippen LogP contribution is 2.57. The lowest BCUT2D eigenvalue weighted by Crippen LogP contribution is -2.50. The number of piperidine rings is 1. The number of benzene rings is 2. The fourth-order valence-corrected chi connectivity index (χ4v) is 5.20. The van der Waals surface area contributed by atoms with Gasteiger partial charge in [0.05, 0.1) is 29.7 Å². The second-order valence-electron chi connectivity index (χ2n) is 10.0. The Kier molecular flexibility index (Phi) is 5.53. The Morgan fingerprint density at radius 3 is 2.24 bits per heavy atom. The summed E-state index contributed by atoms with van der Waals surface area (Å²) in [7, 11) is 1.46. The lowest BCUT2D eigenvalue weighted by Gasteiger charge is -2.42. The van der Waals surface area contributed by atoms with E-state index in [4.69, 9.17) is 10.5 Å². The van der Waals surface area contributed by atoms with Gasteiger partial charge in [-0.3, -0.25) is 4.79 Å². The molecule has 2 heterocycles. The number of ether oxygens (including phenoxy) is 1. The van der Waals surface area contributed by atoms with Gasteiger partial charge in [-0.15, -0.1) is 0 Å². The maximum atomic E-state index is 14.2. The molecule has 2 N–H and O–H groups in total. The predicted octanol–water partition coefficient (Wildman–Crippen LogP) is 5.35. The Balaban J connectivity index is 1.86. The quantitative estimate of drug-likeness (QED) is 0.612. The van der Waals surface area contributed by atoms with Gasteiger partial charge in [-0.05, 0) is 42.7 Å². The number of nitrogens with two attached hydrogens (primary N) is 1. The van der Waals surface area contributed by atoms with Crippen LogP contribution < -0.4 is 15.4 Å². The summed E-state index contributed by atoms with van der Waals surface area (Å²) < 4.78 is 48.3. The topological polar surface area (TPSA) is 58.8 Å². The van der Waals surface area contributed by atoms with Gasteiger partial charge >= 0.3 is 6.18 Å². The fourth-order valence-electron chi connectivity index (χ4n) is 5.20. The van der Waals surface area contributed by atoms with Crippen molar-refractivity contribution in [3.05, 3.63) is 47.5 Å². The van der Waals surface area contributed by atoms with Gasteiger partial charge in [0.25, 0.3) is 0 Å². The highest BCUT2D eigenvalue weighted by molar-refractivity contribution is 5.85. The van der Waals surface area contributed by atoms with E-state index in [0.29, 0.717) is 55.3 Å². The molecule has 5 nitrogen and oxygen atoms in total. The number of hydrogen-bond donors (Lipinski definition) is 1. The van der Waals surface area contributed by atoms with Crippen LogP contribution in [-0.4, -0.2) is 37.6 Å². The Morgan fingerprint density at radius 1 is 1.06 bits per heavy atom. The molecule has 0 aromatic heterocycles. The molecule has 2 aromatic rings. The molecule has 1 saturated heterocycles. The van der Waals surface area contributed by atoms with Crippen LogP contribution in [0.15, 0.2) is 36.4 Å². The van der Waals surface area contributed by atoms with Gasteiger partial charge in [0.1, 0.15) is 5.75 Å².